The highest BCUT2D eigenvalue weighted by atomic mass is 32.2. The molecule has 2 rings (SSSR count). The summed E-state index contributed by atoms with van der Waals surface area (Å²) in [6.07, 6.45) is -1.22. The average Bonchev–Trinajstić information content (AvgIpc) is 2.53. The zero-order valence-corrected chi connectivity index (χ0v) is 13.1. The third-order valence-electron chi connectivity index (χ3n) is 3.12. The van der Waals surface area contributed by atoms with E-state index in [-0.39, 0.29) is 12.3 Å². The van der Waals surface area contributed by atoms with Gasteiger partial charge in [-0.2, -0.15) is 8.42 Å². The average molecular weight is 335 g/mol. The molecule has 1 atom stereocenters. The molecule has 6 heteroatoms. The van der Waals surface area contributed by atoms with Crippen LogP contribution in [0.4, 0.5) is 0 Å². The van der Waals surface area contributed by atoms with E-state index in [0.717, 1.165) is 5.56 Å². The van der Waals surface area contributed by atoms with Crippen molar-refractivity contribution in [1.82, 2.24) is 5.32 Å². The molecular formula is C17H21NO4S. The number of carbonyl (C=O) groups excluding carboxylic acids is 1. The quantitative estimate of drug-likeness (QED) is 0.853. The first-order valence-corrected chi connectivity index (χ1v) is 8.11. The highest BCUT2D eigenvalue weighted by molar-refractivity contribution is 7.86. The van der Waals surface area contributed by atoms with E-state index in [2.05, 4.69) is 5.32 Å². The first-order chi connectivity index (χ1) is 10.4. The Labute approximate surface area is 137 Å². The van der Waals surface area contributed by atoms with Gasteiger partial charge in [0.05, 0.1) is 4.90 Å². The Morgan fingerprint density at radius 2 is 1.61 bits per heavy atom. The van der Waals surface area contributed by atoms with Crippen LogP contribution in [-0.2, 0) is 19.1 Å². The number of carbonyl (C=O) groups is 1. The van der Waals surface area contributed by atoms with Gasteiger partial charge in [0.1, 0.15) is 0 Å². The van der Waals surface area contributed by atoms with Crippen molar-refractivity contribution >= 4 is 16.0 Å². The number of hydrogen-bond donors (Lipinski definition) is 1. The summed E-state index contributed by atoms with van der Waals surface area (Å²) in [5.41, 5.74) is 1.40. The van der Waals surface area contributed by atoms with Crippen molar-refractivity contribution < 1.29 is 17.4 Å². The van der Waals surface area contributed by atoms with Gasteiger partial charge in [-0.05, 0) is 24.6 Å². The molecule has 0 fully saturated rings. The summed E-state index contributed by atoms with van der Waals surface area (Å²) in [6.45, 7) is 1.86. The van der Waals surface area contributed by atoms with Gasteiger partial charge in [0.2, 0.25) is 0 Å². The monoisotopic (exact) mass is 335 g/mol. The third-order valence-corrected chi connectivity index (χ3v) is 4.41. The van der Waals surface area contributed by atoms with Gasteiger partial charge < -0.3 is 5.32 Å². The van der Waals surface area contributed by atoms with Crippen LogP contribution in [0.25, 0.3) is 0 Å². The number of rotatable bonds is 5. The van der Waals surface area contributed by atoms with Gasteiger partial charge in [0.15, 0.2) is 6.10 Å². The molecule has 0 aliphatic carbocycles. The van der Waals surface area contributed by atoms with E-state index < -0.39 is 22.1 Å². The fourth-order valence-electron chi connectivity index (χ4n) is 1.90. The Morgan fingerprint density at radius 3 is 2.13 bits per heavy atom. The maximum Gasteiger partial charge on any atom is 0.298 e. The van der Waals surface area contributed by atoms with Gasteiger partial charge in [-0.3, -0.25) is 4.79 Å². The molecule has 2 aromatic rings. The highest BCUT2D eigenvalue weighted by Crippen LogP contribution is 2.24. The van der Waals surface area contributed by atoms with E-state index in [4.69, 9.17) is 4.18 Å². The Balaban J connectivity index is 0.00000264. The third kappa shape index (κ3) is 4.64. The van der Waals surface area contributed by atoms with Crippen LogP contribution < -0.4 is 5.32 Å². The van der Waals surface area contributed by atoms with E-state index >= 15 is 0 Å². The van der Waals surface area contributed by atoms with Crippen LogP contribution in [0.1, 0.15) is 24.7 Å². The molecule has 5 nitrogen and oxygen atoms in total. The van der Waals surface area contributed by atoms with Crippen molar-refractivity contribution in [3.63, 3.8) is 0 Å². The minimum atomic E-state index is -4.04. The molecule has 0 bridgehead atoms. The largest absolute Gasteiger partial charge is 0.357 e. The van der Waals surface area contributed by atoms with Crippen molar-refractivity contribution in [1.29, 1.82) is 0 Å². The molecule has 124 valence electrons. The fraction of sp³-hybridized carbons (Fsp3) is 0.235. The van der Waals surface area contributed by atoms with Crippen LogP contribution in [-0.4, -0.2) is 21.4 Å². The lowest BCUT2D eigenvalue weighted by molar-refractivity contribution is -0.127. The molecule has 1 N–H and O–H groups in total. The Hall–Kier alpha value is -2.18. The molecule has 0 aliphatic heterocycles. The van der Waals surface area contributed by atoms with Crippen LogP contribution in [0.15, 0.2) is 59.5 Å². The molecular weight excluding hydrogens is 314 g/mol. The SMILES string of the molecule is C.CNC(=O)[C@@H](OS(=O)(=O)c1ccc(C)cc1)c1ccccc1. The number of amides is 1. The summed E-state index contributed by atoms with van der Waals surface area (Å²) < 4.78 is 29.9. The summed E-state index contributed by atoms with van der Waals surface area (Å²) in [4.78, 5) is 12.0. The number of hydrogen-bond acceptors (Lipinski definition) is 4. The lowest BCUT2D eigenvalue weighted by Gasteiger charge is -2.16. The molecule has 0 saturated carbocycles. The van der Waals surface area contributed by atoms with E-state index in [1.807, 2.05) is 6.92 Å². The molecule has 0 spiro atoms. The van der Waals surface area contributed by atoms with Crippen LogP contribution in [0.5, 0.6) is 0 Å². The van der Waals surface area contributed by atoms with E-state index in [1.54, 1.807) is 42.5 Å². The first-order valence-electron chi connectivity index (χ1n) is 6.70. The standard InChI is InChI=1S/C16H17NO4S.CH4/c1-12-8-10-14(11-9-12)22(19,20)21-15(16(18)17-2)13-6-4-3-5-7-13;/h3-11,15H,1-2H3,(H,17,18);1H4/t15-;/m0./s1. The number of likely N-dealkylation sites (N-methyl/N-ethyl adjacent to an activating group) is 1. The highest BCUT2D eigenvalue weighted by Gasteiger charge is 2.28. The van der Waals surface area contributed by atoms with Gasteiger partial charge in [0.25, 0.3) is 16.0 Å². The zero-order chi connectivity index (χ0) is 16.2. The number of nitrogens with one attached hydrogen (secondary N) is 1. The van der Waals surface area contributed by atoms with Crippen LogP contribution in [0.2, 0.25) is 0 Å². The fourth-order valence-corrected chi connectivity index (χ4v) is 2.93. The van der Waals surface area contributed by atoms with E-state index in [0.29, 0.717) is 5.56 Å². The molecule has 0 radical (unpaired) electrons. The van der Waals surface area contributed by atoms with Crippen molar-refractivity contribution in [3.8, 4) is 0 Å². The Kier molecular flexibility index (Phi) is 6.48. The second-order valence-corrected chi connectivity index (χ2v) is 6.34. The molecule has 0 unspecified atom stereocenters. The summed E-state index contributed by atoms with van der Waals surface area (Å²) in [5, 5.41) is 2.42. The van der Waals surface area contributed by atoms with Crippen molar-refractivity contribution in [2.75, 3.05) is 7.05 Å². The maximum atomic E-state index is 12.3. The van der Waals surface area contributed by atoms with Crippen molar-refractivity contribution in [3.05, 3.63) is 65.7 Å². The molecule has 0 heterocycles. The lowest BCUT2D eigenvalue weighted by Crippen LogP contribution is -2.29. The number of aryl methyl sites for hydroxylation is 1. The lowest BCUT2D eigenvalue weighted by atomic mass is 10.1. The molecule has 1 amide bonds. The van der Waals surface area contributed by atoms with Crippen molar-refractivity contribution in [2.24, 2.45) is 0 Å². The summed E-state index contributed by atoms with van der Waals surface area (Å²) in [5.74, 6) is -0.526. The summed E-state index contributed by atoms with van der Waals surface area (Å²) in [6, 6.07) is 14.8. The van der Waals surface area contributed by atoms with E-state index in [1.165, 1.54) is 19.2 Å². The second-order valence-electron chi connectivity index (χ2n) is 4.77. The molecule has 23 heavy (non-hydrogen) atoms. The zero-order valence-electron chi connectivity index (χ0n) is 12.3. The molecule has 2 aromatic carbocycles. The van der Waals surface area contributed by atoms with Gasteiger partial charge in [-0.1, -0.05) is 55.5 Å². The second kappa shape index (κ2) is 7.89. The maximum absolute atomic E-state index is 12.3. The smallest absolute Gasteiger partial charge is 0.298 e. The van der Waals surface area contributed by atoms with Crippen LogP contribution in [0, 0.1) is 6.92 Å². The predicted molar refractivity (Wildman–Crippen MR) is 89.4 cm³/mol. The Bertz CT molecular complexity index is 740. The van der Waals surface area contributed by atoms with Crippen molar-refractivity contribution in [2.45, 2.75) is 25.3 Å². The number of benzene rings is 2. The summed E-state index contributed by atoms with van der Waals surface area (Å²) >= 11 is 0. The summed E-state index contributed by atoms with van der Waals surface area (Å²) in [7, 11) is -2.61. The first kappa shape index (κ1) is 18.9. The van der Waals surface area contributed by atoms with Crippen LogP contribution in [0.3, 0.4) is 0 Å². The molecule has 0 saturated heterocycles. The van der Waals surface area contributed by atoms with Crippen LogP contribution >= 0.6 is 0 Å². The van der Waals surface area contributed by atoms with Gasteiger partial charge in [0, 0.05) is 7.05 Å². The predicted octanol–water partition coefficient (Wildman–Crippen LogP) is 2.82. The Morgan fingerprint density at radius 1 is 1.04 bits per heavy atom. The minimum absolute atomic E-state index is 0. The molecule has 0 aromatic heterocycles. The normalized spacial score (nSPS) is 12.1. The molecule has 0 aliphatic rings. The van der Waals surface area contributed by atoms with Gasteiger partial charge >= 0.3 is 0 Å². The minimum Gasteiger partial charge on any atom is -0.357 e. The topological polar surface area (TPSA) is 72.5 Å². The van der Waals surface area contributed by atoms with E-state index in [9.17, 15) is 13.2 Å². The van der Waals surface area contributed by atoms with Gasteiger partial charge in [-0.25, -0.2) is 4.18 Å². The van der Waals surface area contributed by atoms with Gasteiger partial charge in [-0.15, -0.1) is 0 Å².